The lowest BCUT2D eigenvalue weighted by Gasteiger charge is -2.14. The second kappa shape index (κ2) is 5.58. The minimum atomic E-state index is -0.168. The van der Waals surface area contributed by atoms with Crippen molar-refractivity contribution in [3.63, 3.8) is 0 Å². The van der Waals surface area contributed by atoms with E-state index in [1.165, 1.54) is 0 Å². The van der Waals surface area contributed by atoms with Gasteiger partial charge in [-0.2, -0.15) is 5.10 Å². The molecule has 1 atom stereocenters. The number of pyridine rings is 1. The van der Waals surface area contributed by atoms with Crippen molar-refractivity contribution < 1.29 is 0 Å². The monoisotopic (exact) mass is 344 g/mol. The number of fused-ring (bicyclic) bond motifs is 1. The Hall–Kier alpha value is -1.72. The van der Waals surface area contributed by atoms with E-state index in [2.05, 4.69) is 33.2 Å². The molecule has 0 aliphatic carbocycles. The predicted octanol–water partition coefficient (Wildman–Crippen LogP) is 3.28. The molecule has 0 aliphatic heterocycles. The highest BCUT2D eigenvalue weighted by atomic mass is 79.9. The molecule has 5 heteroatoms. The highest BCUT2D eigenvalue weighted by Crippen LogP contribution is 2.26. The molecule has 0 spiro atoms. The first-order valence-corrected chi connectivity index (χ1v) is 7.64. The second-order valence-electron chi connectivity index (χ2n) is 5.26. The summed E-state index contributed by atoms with van der Waals surface area (Å²) in [5.74, 6) is 0. The van der Waals surface area contributed by atoms with Crippen molar-refractivity contribution in [2.45, 2.75) is 19.4 Å². The molecular formula is C16H17BrN4. The van der Waals surface area contributed by atoms with Crippen LogP contribution in [0.4, 0.5) is 0 Å². The maximum Gasteiger partial charge on any atom is 0.0724 e. The number of benzene rings is 1. The van der Waals surface area contributed by atoms with E-state index in [-0.39, 0.29) is 6.04 Å². The van der Waals surface area contributed by atoms with Gasteiger partial charge in [-0.3, -0.25) is 4.68 Å². The molecule has 1 aromatic carbocycles. The molecule has 1 unspecified atom stereocenters. The molecule has 3 rings (SSSR count). The number of hydrogen-bond acceptors (Lipinski definition) is 3. The zero-order valence-corrected chi connectivity index (χ0v) is 13.6. The Morgan fingerprint density at radius 1 is 1.29 bits per heavy atom. The minimum Gasteiger partial charge on any atom is -0.322 e. The fourth-order valence-electron chi connectivity index (χ4n) is 2.54. The molecule has 0 amide bonds. The number of rotatable bonds is 3. The van der Waals surface area contributed by atoms with Gasteiger partial charge in [0.1, 0.15) is 0 Å². The van der Waals surface area contributed by atoms with Crippen LogP contribution in [0, 0.1) is 6.92 Å². The van der Waals surface area contributed by atoms with Crippen molar-refractivity contribution in [3.8, 4) is 0 Å². The largest absolute Gasteiger partial charge is 0.322 e. The summed E-state index contributed by atoms with van der Waals surface area (Å²) in [4.78, 5) is 4.71. The van der Waals surface area contributed by atoms with Gasteiger partial charge in [0.05, 0.1) is 22.9 Å². The van der Waals surface area contributed by atoms with Crippen LogP contribution in [-0.4, -0.2) is 14.8 Å². The Balaban J connectivity index is 1.95. The molecule has 2 N–H and O–H groups in total. The van der Waals surface area contributed by atoms with Crippen LogP contribution in [0.2, 0.25) is 0 Å². The van der Waals surface area contributed by atoms with Crippen molar-refractivity contribution >= 4 is 26.8 Å². The van der Waals surface area contributed by atoms with E-state index in [0.29, 0.717) is 6.42 Å². The molecule has 0 saturated heterocycles. The third-order valence-corrected chi connectivity index (χ3v) is 4.22. The van der Waals surface area contributed by atoms with Crippen LogP contribution in [0.25, 0.3) is 10.9 Å². The molecule has 2 aromatic heterocycles. The average molecular weight is 345 g/mol. The van der Waals surface area contributed by atoms with Gasteiger partial charge in [-0.05, 0) is 41.1 Å². The fourth-order valence-corrected chi connectivity index (χ4v) is 3.17. The minimum absolute atomic E-state index is 0.168. The predicted molar refractivity (Wildman–Crippen MR) is 88.0 cm³/mol. The number of nitrogens with zero attached hydrogens (tertiary/aromatic N) is 3. The van der Waals surface area contributed by atoms with Crippen LogP contribution in [0.5, 0.6) is 0 Å². The maximum absolute atomic E-state index is 6.36. The first kappa shape index (κ1) is 14.2. The Bertz CT molecular complexity index is 794. The third-order valence-electron chi connectivity index (χ3n) is 3.58. The Labute approximate surface area is 132 Å². The molecule has 0 aliphatic rings. The van der Waals surface area contributed by atoms with E-state index in [9.17, 15) is 0 Å². The van der Waals surface area contributed by atoms with E-state index >= 15 is 0 Å². The van der Waals surface area contributed by atoms with E-state index in [4.69, 9.17) is 10.7 Å². The molecule has 0 fully saturated rings. The van der Waals surface area contributed by atoms with Gasteiger partial charge in [-0.1, -0.05) is 18.2 Å². The number of hydrogen-bond donors (Lipinski definition) is 1. The lowest BCUT2D eigenvalue weighted by atomic mass is 10.1. The number of para-hydroxylation sites is 1. The number of halogens is 1. The SMILES string of the molecule is Cc1cc(CC(N)c2nc3ccccc3cc2Br)n(C)n1. The van der Waals surface area contributed by atoms with Crippen molar-refractivity contribution in [2.75, 3.05) is 0 Å². The highest BCUT2D eigenvalue weighted by molar-refractivity contribution is 9.10. The van der Waals surface area contributed by atoms with E-state index in [1.54, 1.807) is 0 Å². The Morgan fingerprint density at radius 3 is 2.76 bits per heavy atom. The van der Waals surface area contributed by atoms with Gasteiger partial charge in [-0.15, -0.1) is 0 Å². The number of aryl methyl sites for hydroxylation is 2. The standard InChI is InChI=1S/C16H17BrN4/c1-10-7-12(21(2)20-10)9-14(18)16-13(17)8-11-5-3-4-6-15(11)19-16/h3-8,14H,9,18H2,1-2H3. The van der Waals surface area contributed by atoms with Crippen molar-refractivity contribution in [3.05, 3.63) is 58.0 Å². The van der Waals surface area contributed by atoms with Crippen LogP contribution in [0.15, 0.2) is 40.9 Å². The van der Waals surface area contributed by atoms with Crippen molar-refractivity contribution in [1.29, 1.82) is 0 Å². The first-order chi connectivity index (χ1) is 10.0. The third kappa shape index (κ3) is 2.84. The van der Waals surface area contributed by atoms with Gasteiger partial charge in [-0.25, -0.2) is 4.98 Å². The van der Waals surface area contributed by atoms with E-state index in [1.807, 2.05) is 42.9 Å². The van der Waals surface area contributed by atoms with Crippen molar-refractivity contribution in [1.82, 2.24) is 14.8 Å². The quantitative estimate of drug-likeness (QED) is 0.793. The lowest BCUT2D eigenvalue weighted by Crippen LogP contribution is -2.17. The van der Waals surface area contributed by atoms with Gasteiger partial charge in [0.25, 0.3) is 0 Å². The zero-order chi connectivity index (χ0) is 15.0. The topological polar surface area (TPSA) is 56.7 Å². The molecule has 108 valence electrons. The smallest absolute Gasteiger partial charge is 0.0724 e. The molecule has 4 nitrogen and oxygen atoms in total. The molecule has 0 saturated carbocycles. The highest BCUT2D eigenvalue weighted by Gasteiger charge is 2.15. The second-order valence-corrected chi connectivity index (χ2v) is 6.11. The van der Waals surface area contributed by atoms with Gasteiger partial charge in [0.15, 0.2) is 0 Å². The summed E-state index contributed by atoms with van der Waals surface area (Å²) in [6.07, 6.45) is 0.710. The van der Waals surface area contributed by atoms with Gasteiger partial charge < -0.3 is 5.73 Å². The lowest BCUT2D eigenvalue weighted by molar-refractivity contribution is 0.628. The zero-order valence-electron chi connectivity index (χ0n) is 12.0. The summed E-state index contributed by atoms with van der Waals surface area (Å²) in [6.45, 7) is 1.99. The Kier molecular flexibility index (Phi) is 3.78. The normalized spacial score (nSPS) is 12.8. The van der Waals surface area contributed by atoms with E-state index < -0.39 is 0 Å². The van der Waals surface area contributed by atoms with Gasteiger partial charge in [0.2, 0.25) is 0 Å². The van der Waals surface area contributed by atoms with Gasteiger partial charge in [0, 0.05) is 29.0 Å². The van der Waals surface area contributed by atoms with Gasteiger partial charge >= 0.3 is 0 Å². The summed E-state index contributed by atoms with van der Waals surface area (Å²) in [7, 11) is 1.94. The summed E-state index contributed by atoms with van der Waals surface area (Å²) in [6, 6.07) is 12.0. The van der Waals surface area contributed by atoms with E-state index in [0.717, 1.165) is 32.5 Å². The number of nitrogens with two attached hydrogens (primary N) is 1. The van der Waals surface area contributed by atoms with Crippen LogP contribution in [-0.2, 0) is 13.5 Å². The average Bonchev–Trinajstić information content (AvgIpc) is 2.76. The summed E-state index contributed by atoms with van der Waals surface area (Å²) in [5, 5.41) is 5.47. The molecule has 3 aromatic rings. The molecule has 0 radical (unpaired) electrons. The molecule has 2 heterocycles. The number of aromatic nitrogens is 3. The van der Waals surface area contributed by atoms with Crippen LogP contribution >= 0.6 is 15.9 Å². The van der Waals surface area contributed by atoms with Crippen LogP contribution < -0.4 is 5.73 Å². The molecule has 0 bridgehead atoms. The molecular weight excluding hydrogens is 328 g/mol. The Morgan fingerprint density at radius 2 is 2.05 bits per heavy atom. The van der Waals surface area contributed by atoms with Crippen LogP contribution in [0.3, 0.4) is 0 Å². The summed E-state index contributed by atoms with van der Waals surface area (Å²) >= 11 is 3.59. The fraction of sp³-hybridized carbons (Fsp3) is 0.250. The summed E-state index contributed by atoms with van der Waals surface area (Å²) in [5.41, 5.74) is 10.3. The first-order valence-electron chi connectivity index (χ1n) is 6.85. The summed E-state index contributed by atoms with van der Waals surface area (Å²) < 4.78 is 2.83. The van der Waals surface area contributed by atoms with Crippen molar-refractivity contribution in [2.24, 2.45) is 12.8 Å². The molecule has 21 heavy (non-hydrogen) atoms. The van der Waals surface area contributed by atoms with Crippen LogP contribution in [0.1, 0.15) is 23.1 Å². The maximum atomic E-state index is 6.36.